The molecule has 1 aromatic rings. The van der Waals surface area contributed by atoms with Gasteiger partial charge in [-0.25, -0.2) is 0 Å². The zero-order valence-electron chi connectivity index (χ0n) is 16.3. The molecule has 0 radical (unpaired) electrons. The Morgan fingerprint density at radius 1 is 0.852 bits per heavy atom. The van der Waals surface area contributed by atoms with Gasteiger partial charge < -0.3 is 15.5 Å². The first-order valence-electron chi connectivity index (χ1n) is 10.6. The highest BCUT2D eigenvalue weighted by molar-refractivity contribution is 5.94. The second kappa shape index (κ2) is 10.3. The van der Waals surface area contributed by atoms with E-state index in [2.05, 4.69) is 27.7 Å². The molecule has 1 saturated carbocycles. The third kappa shape index (κ3) is 6.56. The number of carbonyl (C=O) groups is 2. The van der Waals surface area contributed by atoms with Crippen LogP contribution in [0.25, 0.3) is 0 Å². The van der Waals surface area contributed by atoms with Crippen LogP contribution in [-0.4, -0.2) is 31.4 Å². The van der Waals surface area contributed by atoms with E-state index in [4.69, 9.17) is 0 Å². The van der Waals surface area contributed by atoms with E-state index in [-0.39, 0.29) is 18.4 Å². The van der Waals surface area contributed by atoms with Crippen LogP contribution >= 0.6 is 0 Å². The van der Waals surface area contributed by atoms with Crippen molar-refractivity contribution in [2.75, 3.05) is 29.9 Å². The van der Waals surface area contributed by atoms with Gasteiger partial charge in [-0.2, -0.15) is 0 Å². The Kier molecular flexibility index (Phi) is 7.55. The molecule has 1 aliphatic carbocycles. The van der Waals surface area contributed by atoms with E-state index in [1.165, 1.54) is 50.6 Å². The topological polar surface area (TPSA) is 61.4 Å². The Balaban J connectivity index is 1.40. The number of anilines is 2. The minimum absolute atomic E-state index is 0.00596. The maximum Gasteiger partial charge on any atom is 0.243 e. The molecule has 148 valence electrons. The Bertz CT molecular complexity index is 600. The standard InChI is InChI=1S/C22H33N3O2/c26-21(16-18-8-4-3-5-9-18)23-17-22(27)24-19-10-12-20(13-11-19)25-14-6-1-2-7-15-25/h10-13,18H,1-9,14-17H2,(H,23,26)(H,24,27). The molecule has 3 rings (SSSR count). The van der Waals surface area contributed by atoms with Crippen LogP contribution in [0.5, 0.6) is 0 Å². The highest BCUT2D eigenvalue weighted by atomic mass is 16.2. The fourth-order valence-electron chi connectivity index (χ4n) is 4.19. The summed E-state index contributed by atoms with van der Waals surface area (Å²) in [5.74, 6) is 0.316. The molecule has 2 fully saturated rings. The molecular weight excluding hydrogens is 338 g/mol. The van der Waals surface area contributed by atoms with Gasteiger partial charge in [0.05, 0.1) is 6.54 Å². The van der Waals surface area contributed by atoms with Gasteiger partial charge in [0, 0.05) is 30.9 Å². The van der Waals surface area contributed by atoms with E-state index in [0.717, 1.165) is 31.6 Å². The van der Waals surface area contributed by atoms with Crippen molar-refractivity contribution in [1.29, 1.82) is 0 Å². The van der Waals surface area contributed by atoms with Gasteiger partial charge in [0.2, 0.25) is 11.8 Å². The van der Waals surface area contributed by atoms with Gasteiger partial charge in [0.15, 0.2) is 0 Å². The van der Waals surface area contributed by atoms with Crippen molar-refractivity contribution in [2.24, 2.45) is 5.92 Å². The minimum atomic E-state index is -0.172. The normalized spacial score (nSPS) is 18.6. The lowest BCUT2D eigenvalue weighted by molar-refractivity contribution is -0.125. The van der Waals surface area contributed by atoms with E-state index in [1.54, 1.807) is 0 Å². The number of nitrogens with one attached hydrogen (secondary N) is 2. The summed E-state index contributed by atoms with van der Waals surface area (Å²) in [6, 6.07) is 8.04. The number of rotatable bonds is 6. The van der Waals surface area contributed by atoms with E-state index in [0.29, 0.717) is 12.3 Å². The molecule has 0 bridgehead atoms. The quantitative estimate of drug-likeness (QED) is 0.792. The van der Waals surface area contributed by atoms with Crippen molar-refractivity contribution in [1.82, 2.24) is 5.32 Å². The lowest BCUT2D eigenvalue weighted by atomic mass is 9.87. The van der Waals surface area contributed by atoms with Gasteiger partial charge in [0.25, 0.3) is 0 Å². The van der Waals surface area contributed by atoms with Crippen LogP contribution in [0.4, 0.5) is 11.4 Å². The summed E-state index contributed by atoms with van der Waals surface area (Å²) >= 11 is 0. The average Bonchev–Trinajstić information content (AvgIpc) is 2.97. The number of carbonyl (C=O) groups excluding carboxylic acids is 2. The minimum Gasteiger partial charge on any atom is -0.372 e. The lowest BCUT2D eigenvalue weighted by Crippen LogP contribution is -2.34. The third-order valence-corrected chi connectivity index (χ3v) is 5.77. The number of nitrogens with zero attached hydrogens (tertiary/aromatic N) is 1. The van der Waals surface area contributed by atoms with Crippen LogP contribution in [0.3, 0.4) is 0 Å². The van der Waals surface area contributed by atoms with Gasteiger partial charge in [-0.15, -0.1) is 0 Å². The summed E-state index contributed by atoms with van der Waals surface area (Å²) in [5.41, 5.74) is 2.00. The van der Waals surface area contributed by atoms with Crippen LogP contribution < -0.4 is 15.5 Å². The SMILES string of the molecule is O=C(CC1CCCCC1)NCC(=O)Nc1ccc(N2CCCCCC2)cc1. The zero-order chi connectivity index (χ0) is 18.9. The van der Waals surface area contributed by atoms with Crippen LogP contribution in [0.2, 0.25) is 0 Å². The lowest BCUT2D eigenvalue weighted by Gasteiger charge is -2.22. The van der Waals surface area contributed by atoms with Crippen LogP contribution in [-0.2, 0) is 9.59 Å². The summed E-state index contributed by atoms with van der Waals surface area (Å²) in [7, 11) is 0. The number of amides is 2. The highest BCUT2D eigenvalue weighted by Gasteiger charge is 2.17. The maximum absolute atomic E-state index is 12.1. The van der Waals surface area contributed by atoms with E-state index in [9.17, 15) is 9.59 Å². The largest absolute Gasteiger partial charge is 0.372 e. The zero-order valence-corrected chi connectivity index (χ0v) is 16.3. The van der Waals surface area contributed by atoms with Crippen molar-refractivity contribution in [2.45, 2.75) is 64.2 Å². The Labute approximate surface area is 162 Å². The Morgan fingerprint density at radius 2 is 1.48 bits per heavy atom. The first-order chi connectivity index (χ1) is 13.2. The molecule has 2 aliphatic rings. The molecule has 0 atom stereocenters. The number of benzene rings is 1. The van der Waals surface area contributed by atoms with E-state index in [1.807, 2.05) is 12.1 Å². The summed E-state index contributed by atoms with van der Waals surface area (Å²) in [6.07, 6.45) is 11.7. The van der Waals surface area contributed by atoms with Crippen LogP contribution in [0.1, 0.15) is 64.2 Å². The molecule has 1 aliphatic heterocycles. The van der Waals surface area contributed by atoms with Gasteiger partial charge in [0.1, 0.15) is 0 Å². The molecule has 2 amide bonds. The van der Waals surface area contributed by atoms with Crippen molar-refractivity contribution in [3.05, 3.63) is 24.3 Å². The van der Waals surface area contributed by atoms with E-state index >= 15 is 0 Å². The highest BCUT2D eigenvalue weighted by Crippen LogP contribution is 2.26. The molecule has 1 aromatic carbocycles. The molecule has 0 unspecified atom stereocenters. The van der Waals surface area contributed by atoms with Crippen molar-refractivity contribution in [3.63, 3.8) is 0 Å². The van der Waals surface area contributed by atoms with Crippen molar-refractivity contribution < 1.29 is 9.59 Å². The predicted octanol–water partition coefficient (Wildman–Crippen LogP) is 4.09. The number of hydrogen-bond donors (Lipinski definition) is 2. The first-order valence-corrected chi connectivity index (χ1v) is 10.6. The summed E-state index contributed by atoms with van der Waals surface area (Å²) in [6.45, 7) is 2.26. The fourth-order valence-corrected chi connectivity index (χ4v) is 4.19. The monoisotopic (exact) mass is 371 g/mol. The molecule has 2 N–H and O–H groups in total. The summed E-state index contributed by atoms with van der Waals surface area (Å²) in [5, 5.41) is 5.63. The molecule has 1 saturated heterocycles. The predicted molar refractivity (Wildman–Crippen MR) is 110 cm³/mol. The second-order valence-electron chi connectivity index (χ2n) is 7.98. The van der Waals surface area contributed by atoms with Crippen molar-refractivity contribution >= 4 is 23.2 Å². The number of hydrogen-bond acceptors (Lipinski definition) is 3. The van der Waals surface area contributed by atoms with Crippen LogP contribution in [0, 0.1) is 5.92 Å². The first kappa shape index (κ1) is 19.7. The summed E-state index contributed by atoms with van der Waals surface area (Å²) in [4.78, 5) is 26.5. The average molecular weight is 372 g/mol. The van der Waals surface area contributed by atoms with Crippen molar-refractivity contribution in [3.8, 4) is 0 Å². The smallest absolute Gasteiger partial charge is 0.243 e. The van der Waals surface area contributed by atoms with Gasteiger partial charge >= 0.3 is 0 Å². The summed E-state index contributed by atoms with van der Waals surface area (Å²) < 4.78 is 0. The van der Waals surface area contributed by atoms with Gasteiger partial charge in [-0.1, -0.05) is 32.1 Å². The van der Waals surface area contributed by atoms with E-state index < -0.39 is 0 Å². The Hall–Kier alpha value is -2.04. The van der Waals surface area contributed by atoms with Gasteiger partial charge in [-0.05, 0) is 55.9 Å². The molecular formula is C22H33N3O2. The molecule has 0 aromatic heterocycles. The second-order valence-corrected chi connectivity index (χ2v) is 7.98. The molecule has 5 heteroatoms. The molecule has 0 spiro atoms. The molecule has 1 heterocycles. The Morgan fingerprint density at radius 3 is 2.15 bits per heavy atom. The molecule has 27 heavy (non-hydrogen) atoms. The maximum atomic E-state index is 12.1. The fraction of sp³-hybridized carbons (Fsp3) is 0.636. The molecule has 5 nitrogen and oxygen atoms in total. The third-order valence-electron chi connectivity index (χ3n) is 5.77. The van der Waals surface area contributed by atoms with Gasteiger partial charge in [-0.3, -0.25) is 9.59 Å². The van der Waals surface area contributed by atoms with Crippen LogP contribution in [0.15, 0.2) is 24.3 Å².